The molecular weight excluding hydrogens is 373 g/mol. The maximum atomic E-state index is 13.3. The number of methoxy groups -OCH3 is 2. The number of hydrogen-bond acceptors (Lipinski definition) is 6. The monoisotopic (exact) mass is 394 g/mol. The molecule has 26 heavy (non-hydrogen) atoms. The Morgan fingerprint density at radius 3 is 2.27 bits per heavy atom. The molecule has 2 atom stereocenters. The van der Waals surface area contributed by atoms with Gasteiger partial charge < -0.3 is 20.1 Å². The van der Waals surface area contributed by atoms with Gasteiger partial charge in [-0.1, -0.05) is 0 Å². The van der Waals surface area contributed by atoms with Crippen molar-refractivity contribution in [1.82, 2.24) is 5.32 Å². The molecule has 146 valence electrons. The average Bonchev–Trinajstić information content (AvgIpc) is 2.61. The first kappa shape index (κ1) is 21.9. The van der Waals surface area contributed by atoms with Crippen molar-refractivity contribution < 1.29 is 32.2 Å². The highest BCUT2D eigenvalue weighted by Crippen LogP contribution is 2.25. The largest absolute Gasteiger partial charge is 0.497 e. The zero-order valence-corrected chi connectivity index (χ0v) is 15.4. The summed E-state index contributed by atoms with van der Waals surface area (Å²) in [5.41, 5.74) is 0.0852. The third kappa shape index (κ3) is 6.66. The lowest BCUT2D eigenvalue weighted by atomic mass is 10.1. The van der Waals surface area contributed by atoms with E-state index in [9.17, 15) is 22.8 Å². The third-order valence-electron chi connectivity index (χ3n) is 3.40. The van der Waals surface area contributed by atoms with Gasteiger partial charge in [0.15, 0.2) is 0 Å². The Kier molecular flexibility index (Phi) is 8.56. The molecule has 1 amide bonds. The predicted octanol–water partition coefficient (Wildman–Crippen LogP) is 2.45. The van der Waals surface area contributed by atoms with E-state index in [0.29, 0.717) is 11.5 Å². The molecule has 1 unspecified atom stereocenters. The van der Waals surface area contributed by atoms with Crippen LogP contribution in [0.15, 0.2) is 24.3 Å². The van der Waals surface area contributed by atoms with E-state index in [4.69, 9.17) is 4.74 Å². The standard InChI is InChI=1S/C16H21F3N2O4S/c1-24-11-6-4-10(5-7-11)20-13(16(17,18)19)14(22)21-12(8-9-26-3)15(23)25-2/h4-7,12-13,20H,8-9H2,1-3H3,(H,21,22)/t12-,13?/m0/s1. The number of amides is 1. The zero-order valence-electron chi connectivity index (χ0n) is 14.6. The van der Waals surface area contributed by atoms with Crippen LogP contribution in [-0.2, 0) is 14.3 Å². The topological polar surface area (TPSA) is 76.7 Å². The molecule has 0 aliphatic heterocycles. The number of anilines is 1. The molecule has 0 spiro atoms. The molecule has 0 heterocycles. The number of rotatable bonds is 9. The molecular formula is C16H21F3N2O4S. The second kappa shape index (κ2) is 10.1. The van der Waals surface area contributed by atoms with Gasteiger partial charge in [0, 0.05) is 5.69 Å². The number of halogens is 3. The third-order valence-corrected chi connectivity index (χ3v) is 4.05. The van der Waals surface area contributed by atoms with Crippen molar-refractivity contribution in [2.45, 2.75) is 24.7 Å². The molecule has 0 fully saturated rings. The van der Waals surface area contributed by atoms with Crippen LogP contribution in [0.1, 0.15) is 6.42 Å². The molecule has 0 saturated heterocycles. The summed E-state index contributed by atoms with van der Waals surface area (Å²) < 4.78 is 49.4. The van der Waals surface area contributed by atoms with Gasteiger partial charge in [-0.3, -0.25) is 4.79 Å². The first-order valence-electron chi connectivity index (χ1n) is 7.57. The first-order chi connectivity index (χ1) is 12.2. The van der Waals surface area contributed by atoms with E-state index in [1.54, 1.807) is 6.26 Å². The highest BCUT2D eigenvalue weighted by atomic mass is 32.2. The Labute approximate surface area is 153 Å². The number of carbonyl (C=O) groups is 2. The van der Waals surface area contributed by atoms with Gasteiger partial charge in [0.25, 0.3) is 5.91 Å². The molecule has 10 heteroatoms. The lowest BCUT2D eigenvalue weighted by Crippen LogP contribution is -2.53. The Hall–Kier alpha value is -2.10. The van der Waals surface area contributed by atoms with E-state index < -0.39 is 30.1 Å². The Morgan fingerprint density at radius 2 is 1.81 bits per heavy atom. The van der Waals surface area contributed by atoms with Gasteiger partial charge in [-0.05, 0) is 42.7 Å². The number of alkyl halides is 3. The predicted molar refractivity (Wildman–Crippen MR) is 93.4 cm³/mol. The van der Waals surface area contributed by atoms with Gasteiger partial charge in [-0.25, -0.2) is 4.79 Å². The highest BCUT2D eigenvalue weighted by Gasteiger charge is 2.46. The van der Waals surface area contributed by atoms with Crippen molar-refractivity contribution in [3.05, 3.63) is 24.3 Å². The number of esters is 1. The van der Waals surface area contributed by atoms with Crippen LogP contribution in [0.3, 0.4) is 0 Å². The fourth-order valence-corrected chi connectivity index (χ4v) is 2.50. The molecule has 0 saturated carbocycles. The fourth-order valence-electron chi connectivity index (χ4n) is 2.03. The molecule has 0 aliphatic carbocycles. The molecule has 0 aromatic heterocycles. The maximum Gasteiger partial charge on any atom is 0.417 e. The van der Waals surface area contributed by atoms with Gasteiger partial charge >= 0.3 is 12.1 Å². The van der Waals surface area contributed by atoms with Crippen LogP contribution in [0.2, 0.25) is 0 Å². The second-order valence-electron chi connectivity index (χ2n) is 5.21. The fraction of sp³-hybridized carbons (Fsp3) is 0.500. The SMILES string of the molecule is COC(=O)[C@H](CCSC)NC(=O)C(Nc1ccc(OC)cc1)C(F)(F)F. The lowest BCUT2D eigenvalue weighted by molar-refractivity contribution is -0.162. The van der Waals surface area contributed by atoms with E-state index in [-0.39, 0.29) is 12.1 Å². The van der Waals surface area contributed by atoms with Crippen LogP contribution in [0.5, 0.6) is 5.75 Å². The molecule has 6 nitrogen and oxygen atoms in total. The minimum atomic E-state index is -4.86. The maximum absolute atomic E-state index is 13.3. The van der Waals surface area contributed by atoms with Gasteiger partial charge in [0.05, 0.1) is 14.2 Å². The van der Waals surface area contributed by atoms with Crippen LogP contribution in [0.25, 0.3) is 0 Å². The van der Waals surface area contributed by atoms with Crippen molar-refractivity contribution in [3.8, 4) is 5.75 Å². The first-order valence-corrected chi connectivity index (χ1v) is 8.96. The van der Waals surface area contributed by atoms with Crippen molar-refractivity contribution in [3.63, 3.8) is 0 Å². The second-order valence-corrected chi connectivity index (χ2v) is 6.20. The Balaban J connectivity index is 2.92. The van der Waals surface area contributed by atoms with Crippen LogP contribution >= 0.6 is 11.8 Å². The number of nitrogens with one attached hydrogen (secondary N) is 2. The molecule has 0 aliphatic rings. The minimum Gasteiger partial charge on any atom is -0.497 e. The Morgan fingerprint density at radius 1 is 1.19 bits per heavy atom. The molecule has 1 aromatic carbocycles. The van der Waals surface area contributed by atoms with Gasteiger partial charge in [-0.15, -0.1) is 0 Å². The number of hydrogen-bond donors (Lipinski definition) is 2. The number of carbonyl (C=O) groups excluding carboxylic acids is 2. The smallest absolute Gasteiger partial charge is 0.417 e. The molecule has 0 radical (unpaired) electrons. The summed E-state index contributed by atoms with van der Waals surface area (Å²) in [5, 5.41) is 4.26. The van der Waals surface area contributed by atoms with E-state index in [0.717, 1.165) is 7.11 Å². The van der Waals surface area contributed by atoms with Crippen molar-refractivity contribution in [2.24, 2.45) is 0 Å². The molecule has 1 rings (SSSR count). The lowest BCUT2D eigenvalue weighted by Gasteiger charge is -2.24. The average molecular weight is 394 g/mol. The van der Waals surface area contributed by atoms with Gasteiger partial charge in [0.1, 0.15) is 11.8 Å². The summed E-state index contributed by atoms with van der Waals surface area (Å²) in [6, 6.07) is 1.97. The number of benzene rings is 1. The van der Waals surface area contributed by atoms with E-state index in [1.807, 2.05) is 0 Å². The van der Waals surface area contributed by atoms with E-state index in [1.165, 1.54) is 43.1 Å². The normalized spacial score (nSPS) is 13.5. The highest BCUT2D eigenvalue weighted by molar-refractivity contribution is 7.98. The molecule has 0 bridgehead atoms. The van der Waals surface area contributed by atoms with Gasteiger partial charge in [-0.2, -0.15) is 24.9 Å². The molecule has 1 aromatic rings. The van der Waals surface area contributed by atoms with Crippen molar-refractivity contribution in [2.75, 3.05) is 31.5 Å². The van der Waals surface area contributed by atoms with Crippen molar-refractivity contribution in [1.29, 1.82) is 0 Å². The summed E-state index contributed by atoms with van der Waals surface area (Å²) in [7, 11) is 2.54. The van der Waals surface area contributed by atoms with Crippen LogP contribution in [0.4, 0.5) is 18.9 Å². The van der Waals surface area contributed by atoms with E-state index >= 15 is 0 Å². The Bertz CT molecular complexity index is 596. The van der Waals surface area contributed by atoms with Gasteiger partial charge in [0.2, 0.25) is 6.04 Å². The summed E-state index contributed by atoms with van der Waals surface area (Å²) in [5.74, 6) is -1.21. The summed E-state index contributed by atoms with van der Waals surface area (Å²) in [4.78, 5) is 23.9. The van der Waals surface area contributed by atoms with E-state index in [2.05, 4.69) is 15.4 Å². The summed E-state index contributed by atoms with van der Waals surface area (Å²) >= 11 is 1.40. The van der Waals surface area contributed by atoms with Crippen LogP contribution in [0, 0.1) is 0 Å². The minimum absolute atomic E-state index is 0.0852. The summed E-state index contributed by atoms with van der Waals surface area (Å²) in [6.45, 7) is 0. The summed E-state index contributed by atoms with van der Waals surface area (Å²) in [6.07, 6.45) is -2.92. The van der Waals surface area contributed by atoms with Crippen LogP contribution in [-0.4, -0.2) is 56.4 Å². The number of thioether (sulfide) groups is 1. The zero-order chi connectivity index (χ0) is 19.7. The quantitative estimate of drug-likeness (QED) is 0.627. The van der Waals surface area contributed by atoms with Crippen molar-refractivity contribution >= 4 is 29.3 Å². The molecule has 2 N–H and O–H groups in total. The van der Waals surface area contributed by atoms with Crippen LogP contribution < -0.4 is 15.4 Å². The number of ether oxygens (including phenoxy) is 2.